The lowest BCUT2D eigenvalue weighted by molar-refractivity contribution is 0.473. The molecule has 1 aliphatic rings. The van der Waals surface area contributed by atoms with Crippen LogP contribution >= 0.6 is 0 Å². The average Bonchev–Trinajstić information content (AvgIpc) is 3.01. The summed E-state index contributed by atoms with van der Waals surface area (Å²) in [6.45, 7) is 5.32. The lowest BCUT2D eigenvalue weighted by Crippen LogP contribution is -2.35. The first-order valence-electron chi connectivity index (χ1n) is 6.96. The van der Waals surface area contributed by atoms with E-state index >= 15 is 0 Å². The van der Waals surface area contributed by atoms with Crippen molar-refractivity contribution in [3.63, 3.8) is 0 Å². The number of hydrogen-bond donors (Lipinski definition) is 2. The molecule has 5 nitrogen and oxygen atoms in total. The lowest BCUT2D eigenvalue weighted by atomic mass is 10.1. The Bertz CT molecular complexity index is 558. The number of rotatable bonds is 6. The Labute approximate surface area is 113 Å². The predicted octanol–water partition coefficient (Wildman–Crippen LogP) is 1.78. The van der Waals surface area contributed by atoms with Crippen LogP contribution in [0.2, 0.25) is 0 Å². The van der Waals surface area contributed by atoms with Crippen LogP contribution in [0.4, 0.5) is 5.82 Å². The van der Waals surface area contributed by atoms with Gasteiger partial charge in [-0.2, -0.15) is 0 Å². The first-order valence-corrected chi connectivity index (χ1v) is 6.96. The molecule has 3 rings (SSSR count). The number of aromatic amines is 1. The van der Waals surface area contributed by atoms with Crippen LogP contribution < -0.4 is 10.2 Å². The third kappa shape index (κ3) is 2.30. The largest absolute Gasteiger partial charge is 0.356 e. The zero-order valence-electron chi connectivity index (χ0n) is 11.6. The fourth-order valence-electron chi connectivity index (χ4n) is 2.79. The summed E-state index contributed by atoms with van der Waals surface area (Å²) in [4.78, 5) is 14.3. The molecule has 1 aliphatic carbocycles. The fraction of sp³-hybridized carbons (Fsp3) is 0.571. The minimum Gasteiger partial charge on any atom is -0.356 e. The van der Waals surface area contributed by atoms with Gasteiger partial charge in [-0.15, -0.1) is 0 Å². The van der Waals surface area contributed by atoms with Gasteiger partial charge in [0.25, 0.3) is 0 Å². The van der Waals surface area contributed by atoms with Crippen molar-refractivity contribution in [3.8, 4) is 0 Å². The van der Waals surface area contributed by atoms with Gasteiger partial charge in [0, 0.05) is 31.2 Å². The van der Waals surface area contributed by atoms with Crippen LogP contribution in [0, 0.1) is 5.41 Å². The Morgan fingerprint density at radius 2 is 2.26 bits per heavy atom. The Morgan fingerprint density at radius 1 is 1.42 bits per heavy atom. The zero-order valence-corrected chi connectivity index (χ0v) is 11.6. The van der Waals surface area contributed by atoms with Gasteiger partial charge >= 0.3 is 0 Å². The second kappa shape index (κ2) is 4.81. The maximum absolute atomic E-state index is 4.50. The summed E-state index contributed by atoms with van der Waals surface area (Å²) >= 11 is 0. The molecule has 102 valence electrons. The van der Waals surface area contributed by atoms with Crippen molar-refractivity contribution in [1.29, 1.82) is 0 Å². The van der Waals surface area contributed by atoms with Gasteiger partial charge in [0.2, 0.25) is 0 Å². The van der Waals surface area contributed by atoms with E-state index in [1.165, 1.54) is 12.8 Å². The molecule has 0 aromatic carbocycles. The van der Waals surface area contributed by atoms with E-state index in [4.69, 9.17) is 0 Å². The van der Waals surface area contributed by atoms with Crippen molar-refractivity contribution in [2.24, 2.45) is 5.41 Å². The van der Waals surface area contributed by atoms with Crippen molar-refractivity contribution >= 4 is 16.9 Å². The van der Waals surface area contributed by atoms with Crippen LogP contribution in [0.15, 0.2) is 18.6 Å². The minimum atomic E-state index is 0.443. The smallest absolute Gasteiger partial charge is 0.142 e. The number of anilines is 1. The Hall–Kier alpha value is -1.62. The topological polar surface area (TPSA) is 56.8 Å². The highest BCUT2D eigenvalue weighted by Crippen LogP contribution is 2.46. The van der Waals surface area contributed by atoms with Crippen LogP contribution in [0.5, 0.6) is 0 Å². The maximum Gasteiger partial charge on any atom is 0.142 e. The van der Waals surface area contributed by atoms with Crippen LogP contribution in [0.3, 0.4) is 0 Å². The molecular formula is C14H21N5. The van der Waals surface area contributed by atoms with E-state index in [9.17, 15) is 0 Å². The molecule has 1 fully saturated rings. The molecular weight excluding hydrogens is 238 g/mol. The van der Waals surface area contributed by atoms with Crippen molar-refractivity contribution in [3.05, 3.63) is 18.6 Å². The molecule has 2 N–H and O–H groups in total. The summed E-state index contributed by atoms with van der Waals surface area (Å²) in [5.41, 5.74) is 1.36. The van der Waals surface area contributed by atoms with Gasteiger partial charge in [0.15, 0.2) is 0 Å². The first-order chi connectivity index (χ1) is 9.28. The highest BCUT2D eigenvalue weighted by atomic mass is 15.2. The molecule has 0 saturated heterocycles. The van der Waals surface area contributed by atoms with Gasteiger partial charge in [-0.1, -0.05) is 0 Å². The van der Waals surface area contributed by atoms with Gasteiger partial charge in [0.05, 0.1) is 5.39 Å². The first kappa shape index (κ1) is 12.4. The summed E-state index contributed by atoms with van der Waals surface area (Å²) in [7, 11) is 2.03. The second-order valence-corrected chi connectivity index (χ2v) is 5.48. The van der Waals surface area contributed by atoms with Gasteiger partial charge < -0.3 is 15.2 Å². The molecule has 0 atom stereocenters. The van der Waals surface area contributed by atoms with E-state index in [2.05, 4.69) is 38.2 Å². The van der Waals surface area contributed by atoms with Crippen molar-refractivity contribution in [2.75, 3.05) is 31.6 Å². The summed E-state index contributed by atoms with van der Waals surface area (Å²) in [5.74, 6) is 1.05. The monoisotopic (exact) mass is 259 g/mol. The molecule has 0 amide bonds. The molecule has 2 heterocycles. The van der Waals surface area contributed by atoms with Crippen molar-refractivity contribution < 1.29 is 0 Å². The van der Waals surface area contributed by atoms with Crippen LogP contribution in [0.25, 0.3) is 11.0 Å². The number of nitrogens with zero attached hydrogens (tertiary/aromatic N) is 3. The maximum atomic E-state index is 4.50. The van der Waals surface area contributed by atoms with Gasteiger partial charge in [0.1, 0.15) is 17.8 Å². The number of fused-ring (bicyclic) bond motifs is 1. The van der Waals surface area contributed by atoms with Crippen molar-refractivity contribution in [1.82, 2.24) is 20.3 Å². The summed E-state index contributed by atoms with van der Waals surface area (Å²) < 4.78 is 0. The summed E-state index contributed by atoms with van der Waals surface area (Å²) in [6.07, 6.45) is 6.20. The number of hydrogen-bond acceptors (Lipinski definition) is 4. The van der Waals surface area contributed by atoms with Crippen LogP contribution in [-0.2, 0) is 0 Å². The van der Waals surface area contributed by atoms with E-state index < -0.39 is 0 Å². The Kier molecular flexibility index (Phi) is 3.14. The molecule has 1 saturated carbocycles. The third-order valence-corrected chi connectivity index (χ3v) is 4.05. The predicted molar refractivity (Wildman–Crippen MR) is 77.4 cm³/mol. The molecule has 0 radical (unpaired) electrons. The number of H-pyrrole nitrogens is 1. The van der Waals surface area contributed by atoms with E-state index in [0.717, 1.165) is 36.5 Å². The lowest BCUT2D eigenvalue weighted by Gasteiger charge is -2.27. The molecule has 0 aliphatic heterocycles. The number of nitrogens with one attached hydrogen (secondary N) is 2. The van der Waals surface area contributed by atoms with Gasteiger partial charge in [-0.05, 0) is 32.9 Å². The second-order valence-electron chi connectivity index (χ2n) is 5.48. The van der Waals surface area contributed by atoms with E-state index in [1.807, 2.05) is 13.2 Å². The molecule has 2 aromatic heterocycles. The highest BCUT2D eigenvalue weighted by Gasteiger charge is 2.43. The molecule has 0 unspecified atom stereocenters. The van der Waals surface area contributed by atoms with Crippen LogP contribution in [-0.4, -0.2) is 41.6 Å². The molecule has 0 bridgehead atoms. The number of aromatic nitrogens is 3. The fourth-order valence-corrected chi connectivity index (χ4v) is 2.79. The van der Waals surface area contributed by atoms with E-state index in [1.54, 1.807) is 6.33 Å². The van der Waals surface area contributed by atoms with Gasteiger partial charge in [-0.25, -0.2) is 9.97 Å². The van der Waals surface area contributed by atoms with Gasteiger partial charge in [-0.3, -0.25) is 0 Å². The average molecular weight is 259 g/mol. The quantitative estimate of drug-likeness (QED) is 0.830. The van der Waals surface area contributed by atoms with Crippen LogP contribution in [0.1, 0.15) is 19.8 Å². The Morgan fingerprint density at radius 3 is 2.95 bits per heavy atom. The summed E-state index contributed by atoms with van der Waals surface area (Å²) in [5, 5.41) is 4.43. The standard InChI is InChI=1S/C14H21N5/c1-3-19(9-14(5-6-14)8-15-2)13-11-4-7-16-12(11)17-10-18-13/h4,7,10,15H,3,5-6,8-9H2,1-2H3,(H,16,17,18). The third-order valence-electron chi connectivity index (χ3n) is 4.05. The summed E-state index contributed by atoms with van der Waals surface area (Å²) in [6, 6.07) is 2.06. The highest BCUT2D eigenvalue weighted by molar-refractivity contribution is 5.87. The zero-order chi connectivity index (χ0) is 13.3. The molecule has 0 spiro atoms. The minimum absolute atomic E-state index is 0.443. The Balaban J connectivity index is 1.88. The molecule has 2 aromatic rings. The van der Waals surface area contributed by atoms with E-state index in [0.29, 0.717) is 5.41 Å². The normalized spacial score (nSPS) is 16.7. The van der Waals surface area contributed by atoms with Crippen molar-refractivity contribution in [2.45, 2.75) is 19.8 Å². The van der Waals surface area contributed by atoms with E-state index in [-0.39, 0.29) is 0 Å². The molecule has 5 heteroatoms. The SMILES string of the molecule is CCN(CC1(CNC)CC1)c1ncnc2[nH]ccc12. The molecule has 19 heavy (non-hydrogen) atoms.